The van der Waals surface area contributed by atoms with Crippen molar-refractivity contribution in [3.63, 3.8) is 0 Å². The molecule has 1 fully saturated rings. The Kier molecular flexibility index (Phi) is 5.94. The lowest BCUT2D eigenvalue weighted by molar-refractivity contribution is -0.132. The van der Waals surface area contributed by atoms with Gasteiger partial charge in [-0.2, -0.15) is 0 Å². The van der Waals surface area contributed by atoms with E-state index >= 15 is 0 Å². The average molecular weight is 482 g/mol. The van der Waals surface area contributed by atoms with Crippen LogP contribution in [0.1, 0.15) is 53.9 Å². The SMILES string of the molecule is Cc1ccc(C(C)(C)C)cc1/C(O)=C1\C(=O)C(=O)N(c2ccc(F)c(F)c2)C1c1sccc1C. The molecule has 1 aliphatic heterocycles. The number of anilines is 1. The van der Waals surface area contributed by atoms with Gasteiger partial charge in [-0.05, 0) is 65.6 Å². The van der Waals surface area contributed by atoms with Gasteiger partial charge in [0.1, 0.15) is 11.8 Å². The third-order valence-electron chi connectivity index (χ3n) is 6.13. The first kappa shape index (κ1) is 23.8. The highest BCUT2D eigenvalue weighted by Gasteiger charge is 2.48. The van der Waals surface area contributed by atoms with E-state index in [0.29, 0.717) is 10.4 Å². The maximum absolute atomic E-state index is 14.1. The number of hydrogen-bond acceptors (Lipinski definition) is 4. The molecular weight excluding hydrogens is 456 g/mol. The van der Waals surface area contributed by atoms with Crippen LogP contribution >= 0.6 is 11.3 Å². The van der Waals surface area contributed by atoms with E-state index in [4.69, 9.17) is 0 Å². The molecule has 34 heavy (non-hydrogen) atoms. The highest BCUT2D eigenvalue weighted by molar-refractivity contribution is 7.10. The number of nitrogens with zero attached hydrogens (tertiary/aromatic N) is 1. The Morgan fingerprint density at radius 1 is 0.971 bits per heavy atom. The van der Waals surface area contributed by atoms with Gasteiger partial charge in [0.25, 0.3) is 11.7 Å². The van der Waals surface area contributed by atoms with E-state index in [1.807, 2.05) is 64.3 Å². The van der Waals surface area contributed by atoms with E-state index in [1.165, 1.54) is 17.4 Å². The van der Waals surface area contributed by atoms with E-state index in [0.717, 1.165) is 33.7 Å². The number of hydrogen-bond donors (Lipinski definition) is 1. The number of ketones is 1. The highest BCUT2D eigenvalue weighted by Crippen LogP contribution is 2.45. The van der Waals surface area contributed by atoms with E-state index in [9.17, 15) is 23.5 Å². The molecule has 2 aromatic carbocycles. The summed E-state index contributed by atoms with van der Waals surface area (Å²) in [4.78, 5) is 28.3. The number of rotatable bonds is 3. The van der Waals surface area contributed by atoms with Gasteiger partial charge < -0.3 is 5.11 Å². The van der Waals surface area contributed by atoms with Gasteiger partial charge in [0.2, 0.25) is 0 Å². The molecule has 0 saturated carbocycles. The Labute approximate surface area is 201 Å². The topological polar surface area (TPSA) is 57.6 Å². The van der Waals surface area contributed by atoms with E-state index in [-0.39, 0.29) is 22.4 Å². The zero-order valence-corrected chi connectivity index (χ0v) is 20.4. The molecule has 0 spiro atoms. The largest absolute Gasteiger partial charge is 0.507 e. The first-order chi connectivity index (χ1) is 15.9. The number of aliphatic hydroxyl groups is 1. The molecule has 1 atom stereocenters. The first-order valence-electron chi connectivity index (χ1n) is 10.8. The number of carbonyl (C=O) groups excluding carboxylic acids is 2. The fourth-order valence-corrected chi connectivity index (χ4v) is 5.16. The second-order valence-electron chi connectivity index (χ2n) is 9.52. The number of aliphatic hydroxyl groups excluding tert-OH is 1. The Balaban J connectivity index is 1.99. The summed E-state index contributed by atoms with van der Waals surface area (Å²) in [5.74, 6) is -4.26. The molecule has 1 amide bonds. The summed E-state index contributed by atoms with van der Waals surface area (Å²) in [6, 6.07) is 9.60. The number of Topliss-reactive ketones (excluding diaryl/α,β-unsaturated/α-hetero) is 1. The molecule has 2 heterocycles. The maximum atomic E-state index is 14.1. The number of halogens is 2. The summed E-state index contributed by atoms with van der Waals surface area (Å²) in [5, 5.41) is 13.3. The van der Waals surface area contributed by atoms with Crippen LogP contribution in [-0.2, 0) is 15.0 Å². The number of aryl methyl sites for hydroxylation is 2. The lowest BCUT2D eigenvalue weighted by atomic mass is 9.84. The number of thiophene rings is 1. The summed E-state index contributed by atoms with van der Waals surface area (Å²) in [6.07, 6.45) is 0. The summed E-state index contributed by atoms with van der Waals surface area (Å²) in [5.41, 5.74) is 2.73. The third-order valence-corrected chi connectivity index (χ3v) is 7.21. The van der Waals surface area contributed by atoms with E-state index in [1.54, 1.807) is 0 Å². The van der Waals surface area contributed by atoms with Crippen molar-refractivity contribution in [3.05, 3.63) is 92.2 Å². The van der Waals surface area contributed by atoms with Crippen molar-refractivity contribution in [1.82, 2.24) is 0 Å². The Bertz CT molecular complexity index is 1350. The van der Waals surface area contributed by atoms with Crippen LogP contribution in [0.4, 0.5) is 14.5 Å². The number of amides is 1. The molecule has 1 aromatic heterocycles. The summed E-state index contributed by atoms with van der Waals surface area (Å²) >= 11 is 1.33. The predicted octanol–water partition coefficient (Wildman–Crippen LogP) is 6.57. The lowest BCUT2D eigenvalue weighted by Gasteiger charge is -2.25. The second-order valence-corrected chi connectivity index (χ2v) is 10.5. The van der Waals surface area contributed by atoms with Crippen molar-refractivity contribution in [3.8, 4) is 0 Å². The Morgan fingerprint density at radius 2 is 1.68 bits per heavy atom. The minimum absolute atomic E-state index is 0.0398. The standard InChI is InChI=1S/C27H25F2NO3S/c1-14-6-7-16(27(3,4)5)12-18(14)23(31)21-22(25-15(2)10-11-34-25)30(26(33)24(21)32)17-8-9-19(28)20(29)13-17/h6-13,22,31H,1-5H3/b23-21+. The Hall–Kier alpha value is -3.32. The molecule has 3 aromatic rings. The van der Waals surface area contributed by atoms with Crippen molar-refractivity contribution in [2.24, 2.45) is 0 Å². The zero-order chi connectivity index (χ0) is 24.9. The van der Waals surface area contributed by atoms with Crippen molar-refractivity contribution in [1.29, 1.82) is 0 Å². The van der Waals surface area contributed by atoms with Crippen molar-refractivity contribution in [2.45, 2.75) is 46.1 Å². The fraction of sp³-hybridized carbons (Fsp3) is 0.259. The van der Waals surface area contributed by atoms with Crippen molar-refractivity contribution >= 4 is 34.5 Å². The van der Waals surface area contributed by atoms with Gasteiger partial charge in [-0.3, -0.25) is 14.5 Å². The fourth-order valence-electron chi connectivity index (χ4n) is 4.14. The molecule has 1 unspecified atom stereocenters. The van der Waals surface area contributed by atoms with Crippen LogP contribution < -0.4 is 4.90 Å². The van der Waals surface area contributed by atoms with Gasteiger partial charge in [-0.15, -0.1) is 11.3 Å². The molecule has 4 nitrogen and oxygen atoms in total. The summed E-state index contributed by atoms with van der Waals surface area (Å²) in [6.45, 7) is 9.77. The molecule has 1 saturated heterocycles. The second kappa shape index (κ2) is 8.47. The van der Waals surface area contributed by atoms with Crippen LogP contribution in [0.3, 0.4) is 0 Å². The summed E-state index contributed by atoms with van der Waals surface area (Å²) in [7, 11) is 0. The van der Waals surface area contributed by atoms with Gasteiger partial charge in [-0.25, -0.2) is 8.78 Å². The average Bonchev–Trinajstić information content (AvgIpc) is 3.29. The minimum Gasteiger partial charge on any atom is -0.507 e. The minimum atomic E-state index is -1.13. The van der Waals surface area contributed by atoms with Crippen LogP contribution in [0, 0.1) is 25.5 Å². The van der Waals surface area contributed by atoms with Gasteiger partial charge >= 0.3 is 0 Å². The maximum Gasteiger partial charge on any atom is 0.300 e. The van der Waals surface area contributed by atoms with Crippen molar-refractivity contribution in [2.75, 3.05) is 4.90 Å². The molecule has 176 valence electrons. The van der Waals surface area contributed by atoms with Gasteiger partial charge in [-0.1, -0.05) is 32.9 Å². The van der Waals surface area contributed by atoms with Crippen LogP contribution in [0.25, 0.3) is 5.76 Å². The molecule has 7 heteroatoms. The predicted molar refractivity (Wildman–Crippen MR) is 130 cm³/mol. The zero-order valence-electron chi connectivity index (χ0n) is 19.6. The summed E-state index contributed by atoms with van der Waals surface area (Å²) < 4.78 is 27.7. The smallest absolute Gasteiger partial charge is 0.300 e. The first-order valence-corrected chi connectivity index (χ1v) is 11.7. The quantitative estimate of drug-likeness (QED) is 0.262. The van der Waals surface area contributed by atoms with Crippen molar-refractivity contribution < 1.29 is 23.5 Å². The third kappa shape index (κ3) is 3.94. The van der Waals surface area contributed by atoms with Crippen LogP contribution in [-0.4, -0.2) is 16.8 Å². The van der Waals surface area contributed by atoms with Gasteiger partial charge in [0, 0.05) is 22.2 Å². The van der Waals surface area contributed by atoms with Gasteiger partial charge in [0.15, 0.2) is 11.6 Å². The lowest BCUT2D eigenvalue weighted by Crippen LogP contribution is -2.29. The molecule has 0 aliphatic carbocycles. The number of carbonyl (C=O) groups is 2. The number of benzene rings is 2. The van der Waals surface area contributed by atoms with E-state index < -0.39 is 29.4 Å². The molecule has 4 rings (SSSR count). The highest BCUT2D eigenvalue weighted by atomic mass is 32.1. The molecule has 0 bridgehead atoms. The van der Waals surface area contributed by atoms with Crippen LogP contribution in [0.5, 0.6) is 0 Å². The molecular formula is C27H25F2NO3S. The van der Waals surface area contributed by atoms with Crippen LogP contribution in [0.15, 0.2) is 53.4 Å². The van der Waals surface area contributed by atoms with E-state index in [2.05, 4.69) is 0 Å². The van der Waals surface area contributed by atoms with Crippen LogP contribution in [0.2, 0.25) is 0 Å². The molecule has 1 N–H and O–H groups in total. The Morgan fingerprint density at radius 3 is 2.26 bits per heavy atom. The van der Waals surface area contributed by atoms with Gasteiger partial charge in [0.05, 0.1) is 5.57 Å². The monoisotopic (exact) mass is 481 g/mol. The molecule has 0 radical (unpaired) electrons. The molecule has 1 aliphatic rings. The normalized spacial score (nSPS) is 18.1.